The fourth-order valence-corrected chi connectivity index (χ4v) is 5.08. The van der Waals surface area contributed by atoms with Crippen molar-refractivity contribution >= 4 is 22.7 Å². The minimum atomic E-state index is -0.648. The predicted molar refractivity (Wildman–Crippen MR) is 129 cm³/mol. The van der Waals surface area contributed by atoms with Crippen molar-refractivity contribution in [1.82, 2.24) is 15.2 Å². The first kappa shape index (κ1) is 22.9. The van der Waals surface area contributed by atoms with E-state index in [-0.39, 0.29) is 23.3 Å². The summed E-state index contributed by atoms with van der Waals surface area (Å²) in [6.45, 7) is 2.04. The third kappa shape index (κ3) is 4.76. The van der Waals surface area contributed by atoms with Crippen LogP contribution >= 0.6 is 0 Å². The fraction of sp³-hybridized carbons (Fsp3) is 0.370. The molecule has 2 amide bonds. The van der Waals surface area contributed by atoms with Crippen LogP contribution in [0.5, 0.6) is 0 Å². The topological polar surface area (TPSA) is 82.5 Å². The van der Waals surface area contributed by atoms with Crippen molar-refractivity contribution in [2.24, 2.45) is 0 Å². The third-order valence-corrected chi connectivity index (χ3v) is 7.02. The molecular weight excluding hydrogens is 414 g/mol. The van der Waals surface area contributed by atoms with Crippen LogP contribution in [0.4, 0.5) is 0 Å². The highest BCUT2D eigenvalue weighted by Gasteiger charge is 2.40. The van der Waals surface area contributed by atoms with Crippen molar-refractivity contribution in [2.45, 2.75) is 50.2 Å². The maximum atomic E-state index is 13.5. The lowest BCUT2D eigenvalue weighted by molar-refractivity contribution is -0.119. The van der Waals surface area contributed by atoms with Gasteiger partial charge in [-0.2, -0.15) is 0 Å². The number of benzene rings is 2. The van der Waals surface area contributed by atoms with Crippen molar-refractivity contribution in [3.63, 3.8) is 0 Å². The third-order valence-electron chi connectivity index (χ3n) is 7.02. The predicted octanol–water partition coefficient (Wildman–Crippen LogP) is 3.68. The molecule has 1 aliphatic carbocycles. The van der Waals surface area contributed by atoms with Crippen LogP contribution in [-0.4, -0.2) is 52.5 Å². The van der Waals surface area contributed by atoms with Gasteiger partial charge in [-0.1, -0.05) is 48.5 Å². The summed E-state index contributed by atoms with van der Waals surface area (Å²) >= 11 is 0. The number of rotatable bonds is 5. The number of amides is 2. The van der Waals surface area contributed by atoms with E-state index >= 15 is 0 Å². The average molecular weight is 446 g/mol. The number of aliphatic hydroxyl groups excluding tert-OH is 1. The maximum absolute atomic E-state index is 13.5. The lowest BCUT2D eigenvalue weighted by Gasteiger charge is -2.34. The van der Waals surface area contributed by atoms with E-state index in [0.29, 0.717) is 30.5 Å². The normalized spacial score (nSPS) is 23.0. The summed E-state index contributed by atoms with van der Waals surface area (Å²) in [5, 5.41) is 15.0. The van der Waals surface area contributed by atoms with E-state index in [1.165, 1.54) is 6.92 Å². The molecule has 2 aromatic carbocycles. The molecule has 0 unspecified atom stereocenters. The number of carbonyl (C=O) groups excluding carboxylic acids is 2. The Labute approximate surface area is 194 Å². The number of likely N-dealkylation sites (N-methyl/N-ethyl adjacent to an activating group) is 1. The highest BCUT2D eigenvalue weighted by Crippen LogP contribution is 2.39. The number of hydrogen-bond acceptors (Lipinski definition) is 4. The summed E-state index contributed by atoms with van der Waals surface area (Å²) in [5.74, 6) is -0.208. The largest absolute Gasteiger partial charge is 0.391 e. The van der Waals surface area contributed by atoms with Gasteiger partial charge in [0.1, 0.15) is 0 Å². The molecule has 6 nitrogen and oxygen atoms in total. The van der Waals surface area contributed by atoms with Gasteiger partial charge in [-0.15, -0.1) is 0 Å². The zero-order valence-corrected chi connectivity index (χ0v) is 19.2. The van der Waals surface area contributed by atoms with E-state index in [2.05, 4.69) is 22.4 Å². The molecule has 1 saturated carbocycles. The lowest BCUT2D eigenvalue weighted by Crippen LogP contribution is -2.44. The summed E-state index contributed by atoms with van der Waals surface area (Å²) in [4.78, 5) is 31.3. The molecular formula is C27H31N3O3. The second kappa shape index (κ2) is 9.71. The van der Waals surface area contributed by atoms with Crippen molar-refractivity contribution in [3.8, 4) is 0 Å². The van der Waals surface area contributed by atoms with Crippen LogP contribution in [0.1, 0.15) is 48.5 Å². The SMILES string of the molecule is CC(=O)NC[C@]1(c2ccccc2)CC[C@@H](O)[C@H](N(C)C(=O)c2cccc3cccnc23)CC1. The molecule has 0 aliphatic heterocycles. The average Bonchev–Trinajstić information content (AvgIpc) is 3.01. The van der Waals surface area contributed by atoms with Crippen LogP contribution in [0, 0.1) is 0 Å². The first-order chi connectivity index (χ1) is 15.9. The molecule has 1 aliphatic rings. The van der Waals surface area contributed by atoms with Gasteiger partial charge in [-0.25, -0.2) is 0 Å². The fourth-order valence-electron chi connectivity index (χ4n) is 5.08. The van der Waals surface area contributed by atoms with Crippen molar-refractivity contribution in [1.29, 1.82) is 0 Å². The van der Waals surface area contributed by atoms with Crippen LogP contribution in [0.2, 0.25) is 0 Å². The molecule has 172 valence electrons. The quantitative estimate of drug-likeness (QED) is 0.587. The van der Waals surface area contributed by atoms with E-state index in [0.717, 1.165) is 23.8 Å². The van der Waals surface area contributed by atoms with Gasteiger partial charge >= 0.3 is 0 Å². The minimum absolute atomic E-state index is 0.0672. The molecule has 4 rings (SSSR count). The number of pyridine rings is 1. The number of aliphatic hydroxyl groups is 1. The molecule has 1 aromatic heterocycles. The number of carbonyl (C=O) groups is 2. The van der Waals surface area contributed by atoms with Crippen molar-refractivity contribution < 1.29 is 14.7 Å². The van der Waals surface area contributed by atoms with Gasteiger partial charge < -0.3 is 15.3 Å². The molecule has 0 radical (unpaired) electrons. The van der Waals surface area contributed by atoms with Crippen LogP contribution in [0.15, 0.2) is 66.9 Å². The van der Waals surface area contributed by atoms with E-state index in [1.807, 2.05) is 42.5 Å². The molecule has 0 saturated heterocycles. The molecule has 0 spiro atoms. The molecule has 1 heterocycles. The molecule has 3 atom stereocenters. The maximum Gasteiger partial charge on any atom is 0.256 e. The monoisotopic (exact) mass is 445 g/mol. The Morgan fingerprint density at radius 2 is 1.79 bits per heavy atom. The Morgan fingerprint density at radius 3 is 2.55 bits per heavy atom. The summed E-state index contributed by atoms with van der Waals surface area (Å²) < 4.78 is 0. The van der Waals surface area contributed by atoms with Crippen LogP contribution in [0.3, 0.4) is 0 Å². The lowest BCUT2D eigenvalue weighted by atomic mass is 9.74. The van der Waals surface area contributed by atoms with Gasteiger partial charge in [0, 0.05) is 37.5 Å². The Kier molecular flexibility index (Phi) is 6.75. The zero-order valence-electron chi connectivity index (χ0n) is 19.2. The molecule has 6 heteroatoms. The summed E-state index contributed by atoms with van der Waals surface area (Å²) in [6, 6.07) is 19.2. The Hall–Kier alpha value is -3.25. The molecule has 0 bridgehead atoms. The number of hydrogen-bond donors (Lipinski definition) is 2. The Balaban J connectivity index is 1.60. The van der Waals surface area contributed by atoms with Gasteiger partial charge in [-0.05, 0) is 43.4 Å². The number of fused-ring (bicyclic) bond motifs is 1. The molecule has 1 fully saturated rings. The summed E-state index contributed by atoms with van der Waals surface area (Å²) in [6.07, 6.45) is 3.71. The Bertz CT molecular complexity index is 1130. The summed E-state index contributed by atoms with van der Waals surface area (Å²) in [5.41, 5.74) is 2.08. The van der Waals surface area contributed by atoms with E-state index in [9.17, 15) is 14.7 Å². The second-order valence-corrected chi connectivity index (χ2v) is 9.06. The summed E-state index contributed by atoms with van der Waals surface area (Å²) in [7, 11) is 1.77. The Morgan fingerprint density at radius 1 is 1.06 bits per heavy atom. The first-order valence-electron chi connectivity index (χ1n) is 11.5. The minimum Gasteiger partial charge on any atom is -0.391 e. The van der Waals surface area contributed by atoms with E-state index in [4.69, 9.17) is 0 Å². The van der Waals surface area contributed by atoms with Crippen LogP contribution < -0.4 is 5.32 Å². The smallest absolute Gasteiger partial charge is 0.256 e. The highest BCUT2D eigenvalue weighted by atomic mass is 16.3. The molecule has 33 heavy (non-hydrogen) atoms. The standard InChI is InChI=1S/C27H31N3O3/c1-19(31)29-18-27(21-10-4-3-5-11-21)15-13-23(24(32)14-16-27)30(2)26(33)22-12-6-8-20-9-7-17-28-25(20)22/h3-12,17,23-24,32H,13-16,18H2,1-2H3,(H,29,31)/t23-,24-,27-/m1/s1. The molecule has 2 N–H and O–H groups in total. The van der Waals surface area contributed by atoms with Gasteiger partial charge in [0.2, 0.25) is 5.91 Å². The number of para-hydroxylation sites is 1. The van der Waals surface area contributed by atoms with Crippen molar-refractivity contribution in [2.75, 3.05) is 13.6 Å². The van der Waals surface area contributed by atoms with Crippen molar-refractivity contribution in [3.05, 3.63) is 78.0 Å². The number of nitrogens with one attached hydrogen (secondary N) is 1. The zero-order chi connectivity index (χ0) is 23.4. The van der Waals surface area contributed by atoms with E-state index in [1.54, 1.807) is 24.2 Å². The van der Waals surface area contributed by atoms with E-state index < -0.39 is 6.10 Å². The van der Waals surface area contributed by atoms with Crippen LogP contribution in [-0.2, 0) is 10.2 Å². The van der Waals surface area contributed by atoms with Gasteiger partial charge in [-0.3, -0.25) is 14.6 Å². The highest BCUT2D eigenvalue weighted by molar-refractivity contribution is 6.05. The van der Waals surface area contributed by atoms with Gasteiger partial charge in [0.15, 0.2) is 0 Å². The van der Waals surface area contributed by atoms with Crippen LogP contribution in [0.25, 0.3) is 10.9 Å². The molecule has 3 aromatic rings. The van der Waals surface area contributed by atoms with Gasteiger partial charge in [0.25, 0.3) is 5.91 Å². The number of aromatic nitrogens is 1. The number of nitrogens with zero attached hydrogens (tertiary/aromatic N) is 2. The van der Waals surface area contributed by atoms with Gasteiger partial charge in [0.05, 0.1) is 23.2 Å². The second-order valence-electron chi connectivity index (χ2n) is 9.06. The first-order valence-corrected chi connectivity index (χ1v) is 11.5.